The number of nitrogens with zero attached hydrogens (tertiary/aromatic N) is 2. The van der Waals surface area contributed by atoms with Crippen LogP contribution >= 0.6 is 15.9 Å². The summed E-state index contributed by atoms with van der Waals surface area (Å²) >= 11 is 3.29. The Morgan fingerprint density at radius 2 is 1.71 bits per heavy atom. The molecule has 2 aliphatic rings. The van der Waals surface area contributed by atoms with Gasteiger partial charge in [-0.05, 0) is 18.2 Å². The zero-order valence-corrected chi connectivity index (χ0v) is 15.5. The van der Waals surface area contributed by atoms with E-state index in [-0.39, 0.29) is 29.6 Å². The lowest BCUT2D eigenvalue weighted by molar-refractivity contribution is -0.910. The van der Waals surface area contributed by atoms with Crippen LogP contribution in [0.15, 0.2) is 33.6 Å². The summed E-state index contributed by atoms with van der Waals surface area (Å²) in [5.41, 5.74) is 0. The highest BCUT2D eigenvalue weighted by atomic mass is 79.9. The third-order valence-corrected chi connectivity index (χ3v) is 6.79. The Hall–Kier alpha value is -1.29. The van der Waals surface area contributed by atoms with Crippen LogP contribution in [-0.2, 0) is 19.6 Å². The van der Waals surface area contributed by atoms with Crippen molar-refractivity contribution in [3.8, 4) is 0 Å². The predicted octanol–water partition coefficient (Wildman–Crippen LogP) is -0.555. The van der Waals surface area contributed by atoms with Gasteiger partial charge in [0.2, 0.25) is 21.8 Å². The Morgan fingerprint density at radius 3 is 2.29 bits per heavy atom. The summed E-state index contributed by atoms with van der Waals surface area (Å²) in [4.78, 5) is 26.0. The van der Waals surface area contributed by atoms with Gasteiger partial charge in [-0.25, -0.2) is 13.3 Å². The molecule has 2 heterocycles. The summed E-state index contributed by atoms with van der Waals surface area (Å²) in [6, 6.07) is 6.66. The van der Waals surface area contributed by atoms with Crippen LogP contribution < -0.4 is 4.90 Å². The minimum Gasteiger partial charge on any atom is -0.315 e. The molecule has 0 unspecified atom stereocenters. The Bertz CT molecular complexity index is 744. The van der Waals surface area contributed by atoms with Crippen molar-refractivity contribution in [3.63, 3.8) is 0 Å². The summed E-state index contributed by atoms with van der Waals surface area (Å²) in [6.07, 6.45) is 0.574. The van der Waals surface area contributed by atoms with Crippen molar-refractivity contribution in [1.29, 1.82) is 0 Å². The summed E-state index contributed by atoms with van der Waals surface area (Å²) in [5.74, 6) is -0.256. The average Bonchev–Trinajstić information content (AvgIpc) is 2.87. The highest BCUT2D eigenvalue weighted by molar-refractivity contribution is 9.10. The Labute approximate surface area is 149 Å². The molecule has 3 rings (SSSR count). The van der Waals surface area contributed by atoms with Crippen molar-refractivity contribution in [2.75, 3.05) is 32.8 Å². The lowest BCUT2D eigenvalue weighted by Gasteiger charge is -2.32. The summed E-state index contributed by atoms with van der Waals surface area (Å²) in [5, 5.41) is 0. The monoisotopic (exact) mass is 416 g/mol. The topological polar surface area (TPSA) is 79.2 Å². The van der Waals surface area contributed by atoms with Crippen molar-refractivity contribution in [2.24, 2.45) is 0 Å². The number of quaternary nitrogens is 1. The van der Waals surface area contributed by atoms with E-state index in [2.05, 4.69) is 15.9 Å². The van der Waals surface area contributed by atoms with Gasteiger partial charge in [0.1, 0.15) is 0 Å². The van der Waals surface area contributed by atoms with Crippen LogP contribution in [0.25, 0.3) is 0 Å². The standard InChI is InChI=1S/C15H18BrN3O4S/c16-12-2-1-3-13(10-12)24(22,23)18-8-6-17(7-9-18)11-19-14(20)4-5-15(19)21/h1-3,10H,4-9,11H2/p+1. The molecular weight excluding hydrogens is 398 g/mol. The van der Waals surface area contributed by atoms with Gasteiger partial charge in [0.25, 0.3) is 0 Å². The molecule has 24 heavy (non-hydrogen) atoms. The maximum Gasteiger partial charge on any atom is 0.243 e. The first-order valence-corrected chi connectivity index (χ1v) is 10.0. The Kier molecular flexibility index (Phi) is 5.05. The molecule has 2 amide bonds. The van der Waals surface area contributed by atoms with E-state index in [1.54, 1.807) is 24.3 Å². The molecule has 0 bridgehead atoms. The molecule has 0 radical (unpaired) electrons. The average molecular weight is 417 g/mol. The van der Waals surface area contributed by atoms with Gasteiger partial charge in [0.15, 0.2) is 6.67 Å². The van der Waals surface area contributed by atoms with E-state index in [0.29, 0.717) is 32.8 Å². The second-order valence-corrected chi connectivity index (χ2v) is 8.84. The lowest BCUT2D eigenvalue weighted by Crippen LogP contribution is -3.16. The van der Waals surface area contributed by atoms with Crippen LogP contribution in [0.1, 0.15) is 12.8 Å². The van der Waals surface area contributed by atoms with Crippen molar-refractivity contribution < 1.29 is 22.9 Å². The molecule has 0 spiro atoms. The summed E-state index contributed by atoms with van der Waals surface area (Å²) < 4.78 is 27.5. The fraction of sp³-hybridized carbons (Fsp3) is 0.467. The quantitative estimate of drug-likeness (QED) is 0.667. The Morgan fingerprint density at radius 1 is 1.08 bits per heavy atom. The highest BCUT2D eigenvalue weighted by Gasteiger charge is 2.35. The number of sulfonamides is 1. The number of benzene rings is 1. The number of hydrogen-bond donors (Lipinski definition) is 1. The summed E-state index contributed by atoms with van der Waals surface area (Å²) in [6.45, 7) is 2.23. The van der Waals surface area contributed by atoms with Gasteiger partial charge in [-0.2, -0.15) is 4.31 Å². The van der Waals surface area contributed by atoms with Gasteiger partial charge < -0.3 is 4.90 Å². The number of rotatable bonds is 4. The molecule has 7 nitrogen and oxygen atoms in total. The number of imide groups is 1. The van der Waals surface area contributed by atoms with Gasteiger partial charge in [0, 0.05) is 17.3 Å². The molecule has 2 fully saturated rings. The highest BCUT2D eigenvalue weighted by Crippen LogP contribution is 2.20. The van der Waals surface area contributed by atoms with E-state index in [9.17, 15) is 18.0 Å². The molecule has 0 aromatic heterocycles. The molecule has 1 aromatic carbocycles. The molecule has 1 N–H and O–H groups in total. The maximum absolute atomic E-state index is 12.7. The van der Waals surface area contributed by atoms with E-state index >= 15 is 0 Å². The molecule has 1 aromatic rings. The minimum absolute atomic E-state index is 0.128. The van der Waals surface area contributed by atoms with Gasteiger partial charge >= 0.3 is 0 Å². The number of likely N-dealkylation sites (tertiary alicyclic amines) is 1. The Balaban J connectivity index is 1.62. The number of amides is 2. The van der Waals surface area contributed by atoms with E-state index in [4.69, 9.17) is 0 Å². The van der Waals surface area contributed by atoms with Gasteiger partial charge in [-0.3, -0.25) is 9.59 Å². The fourth-order valence-electron chi connectivity index (χ4n) is 3.00. The number of carbonyl (C=O) groups excluding carboxylic acids is 2. The molecule has 0 aliphatic carbocycles. The van der Waals surface area contributed by atoms with E-state index in [1.807, 2.05) is 0 Å². The van der Waals surface area contributed by atoms with Crippen molar-refractivity contribution in [3.05, 3.63) is 28.7 Å². The van der Waals surface area contributed by atoms with Gasteiger partial charge in [0.05, 0.1) is 31.1 Å². The first-order chi connectivity index (χ1) is 11.4. The molecule has 2 aliphatic heterocycles. The number of halogens is 1. The zero-order valence-electron chi connectivity index (χ0n) is 13.1. The van der Waals surface area contributed by atoms with Gasteiger partial charge in [-0.15, -0.1) is 0 Å². The van der Waals surface area contributed by atoms with E-state index in [0.717, 1.165) is 9.37 Å². The smallest absolute Gasteiger partial charge is 0.243 e. The third kappa shape index (κ3) is 3.53. The molecule has 130 valence electrons. The number of nitrogens with one attached hydrogen (secondary N) is 1. The van der Waals surface area contributed by atoms with Crippen LogP contribution in [0.4, 0.5) is 0 Å². The SMILES string of the molecule is O=C1CCC(=O)N1C[NH+]1CCN(S(=O)(=O)c2cccc(Br)c2)CC1. The van der Waals surface area contributed by atoms with Crippen molar-refractivity contribution in [1.82, 2.24) is 9.21 Å². The lowest BCUT2D eigenvalue weighted by atomic mass is 10.4. The predicted molar refractivity (Wildman–Crippen MR) is 89.6 cm³/mol. The summed E-state index contributed by atoms with van der Waals surface area (Å²) in [7, 11) is -3.51. The number of piperazine rings is 1. The molecule has 0 atom stereocenters. The normalized spacial score (nSPS) is 20.8. The van der Waals surface area contributed by atoms with Crippen LogP contribution in [0, 0.1) is 0 Å². The minimum atomic E-state index is -3.51. The molecule has 0 saturated carbocycles. The maximum atomic E-state index is 12.7. The molecule has 9 heteroatoms. The van der Waals surface area contributed by atoms with Gasteiger partial charge in [-0.1, -0.05) is 22.0 Å². The third-order valence-electron chi connectivity index (χ3n) is 4.40. The first-order valence-electron chi connectivity index (χ1n) is 7.80. The van der Waals surface area contributed by atoms with Crippen LogP contribution in [0.5, 0.6) is 0 Å². The van der Waals surface area contributed by atoms with Crippen molar-refractivity contribution >= 4 is 37.8 Å². The number of carbonyl (C=O) groups is 2. The van der Waals surface area contributed by atoms with Crippen LogP contribution in [0.3, 0.4) is 0 Å². The molecular formula is C15H19BrN3O4S+. The largest absolute Gasteiger partial charge is 0.315 e. The number of hydrogen-bond acceptors (Lipinski definition) is 4. The second kappa shape index (κ2) is 6.91. The van der Waals surface area contributed by atoms with E-state index in [1.165, 1.54) is 9.21 Å². The van der Waals surface area contributed by atoms with Crippen LogP contribution in [0.2, 0.25) is 0 Å². The molecule has 2 saturated heterocycles. The van der Waals surface area contributed by atoms with Crippen molar-refractivity contribution in [2.45, 2.75) is 17.7 Å². The first kappa shape index (κ1) is 17.5. The fourth-order valence-corrected chi connectivity index (χ4v) is 5.04. The zero-order chi connectivity index (χ0) is 17.3. The van der Waals surface area contributed by atoms with E-state index < -0.39 is 10.0 Å². The second-order valence-electron chi connectivity index (χ2n) is 5.99. The van der Waals surface area contributed by atoms with Crippen LogP contribution in [-0.4, -0.2) is 62.3 Å².